The highest BCUT2D eigenvalue weighted by molar-refractivity contribution is 6.37. The van der Waals surface area contributed by atoms with Crippen LogP contribution in [-0.2, 0) is 6.54 Å². The fourth-order valence-electron chi connectivity index (χ4n) is 2.09. The molecule has 0 aliphatic carbocycles. The van der Waals surface area contributed by atoms with Crippen LogP contribution in [0.2, 0.25) is 20.1 Å². The van der Waals surface area contributed by atoms with Gasteiger partial charge in [0.2, 0.25) is 0 Å². The quantitative estimate of drug-likeness (QED) is 0.380. The Morgan fingerprint density at radius 1 is 1.00 bits per heavy atom. The van der Waals surface area contributed by atoms with Crippen molar-refractivity contribution in [2.45, 2.75) is 6.54 Å². The summed E-state index contributed by atoms with van der Waals surface area (Å²) in [7, 11) is 0. The van der Waals surface area contributed by atoms with Gasteiger partial charge in [-0.05, 0) is 36.4 Å². The summed E-state index contributed by atoms with van der Waals surface area (Å²) in [5.41, 5.74) is 1.29. The van der Waals surface area contributed by atoms with E-state index in [2.05, 4.69) is 10.1 Å². The van der Waals surface area contributed by atoms with E-state index >= 15 is 0 Å². The van der Waals surface area contributed by atoms with Crippen molar-refractivity contribution in [2.24, 2.45) is 5.16 Å². The van der Waals surface area contributed by atoms with E-state index in [1.165, 1.54) is 0 Å². The van der Waals surface area contributed by atoms with Crippen LogP contribution in [0.1, 0.15) is 5.56 Å². The van der Waals surface area contributed by atoms with Crippen LogP contribution in [0.25, 0.3) is 0 Å². The first-order valence-electron chi connectivity index (χ1n) is 7.13. The van der Waals surface area contributed by atoms with Crippen LogP contribution in [0, 0.1) is 0 Å². The topological polar surface area (TPSA) is 39.4 Å². The van der Waals surface area contributed by atoms with Crippen LogP contribution in [0.4, 0.5) is 0 Å². The molecule has 0 saturated carbocycles. The van der Waals surface area contributed by atoms with Gasteiger partial charge in [0.05, 0.1) is 22.9 Å². The zero-order valence-corrected chi connectivity index (χ0v) is 15.7. The molecule has 1 aromatic heterocycles. The molecular weight excluding hydrogens is 404 g/mol. The van der Waals surface area contributed by atoms with E-state index in [-0.39, 0.29) is 0 Å². The third kappa shape index (κ3) is 4.67. The Balaban J connectivity index is 1.95. The number of imidazole rings is 1. The smallest absolute Gasteiger partial charge is 0.176 e. The normalized spacial score (nSPS) is 11.6. The molecule has 0 saturated heterocycles. The van der Waals surface area contributed by atoms with Crippen LogP contribution in [0.3, 0.4) is 0 Å². The van der Waals surface area contributed by atoms with E-state index < -0.39 is 0 Å². The average Bonchev–Trinajstić information content (AvgIpc) is 3.06. The highest BCUT2D eigenvalue weighted by Gasteiger charge is 2.12. The second kappa shape index (κ2) is 8.11. The maximum Gasteiger partial charge on any atom is 0.176 e. The zero-order chi connectivity index (χ0) is 17.8. The Labute approximate surface area is 164 Å². The monoisotopic (exact) mass is 413 g/mol. The van der Waals surface area contributed by atoms with E-state index in [4.69, 9.17) is 51.2 Å². The number of nitrogens with zero attached hydrogens (tertiary/aromatic N) is 3. The lowest BCUT2D eigenvalue weighted by atomic mass is 10.1. The Hall–Kier alpha value is -1.72. The third-order valence-corrected chi connectivity index (χ3v) is 4.36. The molecule has 0 atom stereocenters. The minimum Gasteiger partial charge on any atom is -0.355 e. The molecule has 0 unspecified atom stereocenters. The molecule has 4 nitrogen and oxygen atoms in total. The summed E-state index contributed by atoms with van der Waals surface area (Å²) in [5.74, 6) is 0.388. The zero-order valence-electron chi connectivity index (χ0n) is 12.7. The van der Waals surface area contributed by atoms with Crippen molar-refractivity contribution in [1.82, 2.24) is 9.55 Å². The van der Waals surface area contributed by atoms with Crippen LogP contribution >= 0.6 is 46.4 Å². The average molecular weight is 415 g/mol. The molecule has 1 heterocycles. The van der Waals surface area contributed by atoms with Crippen LogP contribution in [-0.4, -0.2) is 15.3 Å². The fourth-order valence-corrected chi connectivity index (χ4v) is 3.05. The van der Waals surface area contributed by atoms with E-state index in [0.29, 0.717) is 43.7 Å². The van der Waals surface area contributed by atoms with E-state index in [1.807, 2.05) is 10.8 Å². The van der Waals surface area contributed by atoms with Gasteiger partial charge in [0.25, 0.3) is 0 Å². The van der Waals surface area contributed by atoms with Gasteiger partial charge in [0, 0.05) is 28.0 Å². The van der Waals surface area contributed by atoms with Crippen molar-refractivity contribution < 1.29 is 4.84 Å². The van der Waals surface area contributed by atoms with Gasteiger partial charge >= 0.3 is 0 Å². The summed E-state index contributed by atoms with van der Waals surface area (Å²) in [6.45, 7) is 0.409. The molecule has 0 aliphatic rings. The second-order valence-electron chi connectivity index (χ2n) is 5.06. The molecule has 0 aliphatic heterocycles. The van der Waals surface area contributed by atoms with Crippen molar-refractivity contribution in [1.29, 1.82) is 0 Å². The second-order valence-corrected chi connectivity index (χ2v) is 6.75. The van der Waals surface area contributed by atoms with Crippen molar-refractivity contribution in [3.8, 4) is 5.75 Å². The number of benzene rings is 2. The van der Waals surface area contributed by atoms with Gasteiger partial charge < -0.3 is 9.40 Å². The van der Waals surface area contributed by atoms with Crippen molar-refractivity contribution in [2.75, 3.05) is 0 Å². The van der Waals surface area contributed by atoms with Gasteiger partial charge in [-0.2, -0.15) is 0 Å². The SMILES string of the molecule is Clc1ccc(O/N=C(\Cn2ccnc2)c2ccc(Cl)cc2Cl)c(Cl)c1. The van der Waals surface area contributed by atoms with Crippen molar-refractivity contribution in [3.05, 3.63) is 80.8 Å². The van der Waals surface area contributed by atoms with Gasteiger partial charge in [-0.25, -0.2) is 4.98 Å². The summed E-state index contributed by atoms with van der Waals surface area (Å²) >= 11 is 24.3. The summed E-state index contributed by atoms with van der Waals surface area (Å²) < 4.78 is 1.84. The minimum absolute atomic E-state index is 0.362. The maximum absolute atomic E-state index is 6.31. The summed E-state index contributed by atoms with van der Waals surface area (Å²) in [5, 5.41) is 6.12. The molecule has 2 aromatic carbocycles. The third-order valence-electron chi connectivity index (χ3n) is 3.28. The first-order valence-corrected chi connectivity index (χ1v) is 8.64. The highest BCUT2D eigenvalue weighted by Crippen LogP contribution is 2.28. The largest absolute Gasteiger partial charge is 0.355 e. The van der Waals surface area contributed by atoms with Crippen molar-refractivity contribution >= 4 is 52.1 Å². The Morgan fingerprint density at radius 2 is 1.72 bits per heavy atom. The molecule has 3 aromatic rings. The van der Waals surface area contributed by atoms with E-state index in [1.54, 1.807) is 48.9 Å². The van der Waals surface area contributed by atoms with Gasteiger partial charge in [-0.15, -0.1) is 0 Å². The van der Waals surface area contributed by atoms with Gasteiger partial charge in [0.15, 0.2) is 5.75 Å². The molecule has 8 heteroatoms. The number of aromatic nitrogens is 2. The van der Waals surface area contributed by atoms with Crippen LogP contribution < -0.4 is 4.84 Å². The number of hydrogen-bond donors (Lipinski definition) is 0. The highest BCUT2D eigenvalue weighted by atomic mass is 35.5. The molecule has 0 spiro atoms. The van der Waals surface area contributed by atoms with Crippen LogP contribution in [0.5, 0.6) is 5.75 Å². The molecule has 3 rings (SSSR count). The minimum atomic E-state index is 0.362. The lowest BCUT2D eigenvalue weighted by Gasteiger charge is -2.10. The Morgan fingerprint density at radius 3 is 2.36 bits per heavy atom. The van der Waals surface area contributed by atoms with Crippen LogP contribution in [0.15, 0.2) is 60.3 Å². The standard InChI is InChI=1S/C17H11Cl4N3O/c18-11-1-3-13(14(20)7-11)16(9-24-6-5-22-10-24)23-25-17-4-2-12(19)8-15(17)21/h1-8,10H,9H2/b23-16+. The van der Waals surface area contributed by atoms with Gasteiger partial charge in [-0.1, -0.05) is 51.6 Å². The molecule has 0 bridgehead atoms. The predicted molar refractivity (Wildman–Crippen MR) is 102 cm³/mol. The Bertz CT molecular complexity index is 910. The lowest BCUT2D eigenvalue weighted by molar-refractivity contribution is 0.340. The number of halogens is 4. The van der Waals surface area contributed by atoms with Crippen molar-refractivity contribution in [3.63, 3.8) is 0 Å². The fraction of sp³-hybridized carbons (Fsp3) is 0.0588. The molecule has 128 valence electrons. The molecule has 0 N–H and O–H groups in total. The lowest BCUT2D eigenvalue weighted by Crippen LogP contribution is -2.12. The molecule has 0 fully saturated rings. The first-order chi connectivity index (χ1) is 12.0. The number of rotatable bonds is 5. The molecular formula is C17H11Cl4N3O. The predicted octanol–water partition coefficient (Wildman–Crippen LogP) is 5.98. The van der Waals surface area contributed by atoms with Gasteiger partial charge in [0.1, 0.15) is 5.71 Å². The molecule has 25 heavy (non-hydrogen) atoms. The van der Waals surface area contributed by atoms with Gasteiger partial charge in [-0.3, -0.25) is 0 Å². The summed E-state index contributed by atoms with van der Waals surface area (Å²) in [4.78, 5) is 9.54. The summed E-state index contributed by atoms with van der Waals surface area (Å²) in [6.07, 6.45) is 5.17. The first kappa shape index (κ1) is 18.1. The molecule has 0 radical (unpaired) electrons. The Kier molecular flexibility index (Phi) is 5.86. The number of oxime groups is 1. The van der Waals surface area contributed by atoms with E-state index in [0.717, 1.165) is 0 Å². The maximum atomic E-state index is 6.31. The number of hydrogen-bond acceptors (Lipinski definition) is 3. The molecule has 0 amide bonds. The van der Waals surface area contributed by atoms with E-state index in [9.17, 15) is 0 Å². The summed E-state index contributed by atoms with van der Waals surface area (Å²) in [6, 6.07) is 10.1.